The van der Waals surface area contributed by atoms with E-state index in [2.05, 4.69) is 5.32 Å². The molecule has 8 nitrogen and oxygen atoms in total. The highest BCUT2D eigenvalue weighted by atomic mass is 19.1. The van der Waals surface area contributed by atoms with Crippen LogP contribution in [0, 0.1) is 11.7 Å². The molecule has 9 heteroatoms. The van der Waals surface area contributed by atoms with Crippen LogP contribution in [0.1, 0.15) is 30.0 Å². The van der Waals surface area contributed by atoms with Gasteiger partial charge in [0.15, 0.2) is 0 Å². The van der Waals surface area contributed by atoms with Gasteiger partial charge >= 0.3 is 6.03 Å². The Morgan fingerprint density at radius 2 is 1.88 bits per heavy atom. The smallest absolute Gasteiger partial charge is 0.324 e. The van der Waals surface area contributed by atoms with Crippen molar-refractivity contribution in [1.82, 2.24) is 19.7 Å². The average Bonchev–Trinajstić information content (AvgIpc) is 3.05. The lowest BCUT2D eigenvalue weighted by Gasteiger charge is -2.43. The Morgan fingerprint density at radius 1 is 1.06 bits per heavy atom. The first-order valence-electron chi connectivity index (χ1n) is 11.2. The molecule has 5 rings (SSSR count). The number of halogens is 1. The van der Waals surface area contributed by atoms with E-state index in [1.54, 1.807) is 33.7 Å². The summed E-state index contributed by atoms with van der Waals surface area (Å²) < 4.78 is 15.2. The number of rotatable bonds is 5. The molecule has 0 aliphatic carbocycles. The summed E-state index contributed by atoms with van der Waals surface area (Å²) in [5.74, 6) is -0.697. The van der Waals surface area contributed by atoms with Crippen LogP contribution in [0.5, 0.6) is 0 Å². The maximum atomic E-state index is 13.4. The predicted molar refractivity (Wildman–Crippen MR) is 117 cm³/mol. The summed E-state index contributed by atoms with van der Waals surface area (Å²) in [7, 11) is 0. The Labute approximate surface area is 190 Å². The van der Waals surface area contributed by atoms with Crippen LogP contribution in [0.25, 0.3) is 0 Å². The molecule has 2 saturated heterocycles. The van der Waals surface area contributed by atoms with Gasteiger partial charge in [-0.05, 0) is 42.5 Å². The fourth-order valence-corrected chi connectivity index (χ4v) is 5.26. The number of benzene rings is 1. The second-order valence-electron chi connectivity index (χ2n) is 9.07. The number of urea groups is 1. The van der Waals surface area contributed by atoms with E-state index in [1.807, 2.05) is 6.07 Å². The summed E-state index contributed by atoms with van der Waals surface area (Å²) in [6, 6.07) is 9.86. The van der Waals surface area contributed by atoms with Gasteiger partial charge in [-0.25, -0.2) is 9.18 Å². The third-order valence-electron chi connectivity index (χ3n) is 6.83. The zero-order valence-corrected chi connectivity index (χ0v) is 18.1. The molecule has 1 aromatic carbocycles. The summed E-state index contributed by atoms with van der Waals surface area (Å²) in [6.45, 7) is 1.74. The maximum absolute atomic E-state index is 13.4. The first-order valence-corrected chi connectivity index (χ1v) is 11.2. The quantitative estimate of drug-likeness (QED) is 0.696. The number of carbonyl (C=O) groups excluding carboxylic acids is 3. The molecular formula is C24H25FN4O4. The van der Waals surface area contributed by atoms with Crippen molar-refractivity contribution in [3.8, 4) is 0 Å². The monoisotopic (exact) mass is 452 g/mol. The molecule has 3 atom stereocenters. The minimum Gasteiger partial charge on any atom is -0.342 e. The molecule has 1 aromatic heterocycles. The van der Waals surface area contributed by atoms with E-state index in [0.717, 1.165) is 17.0 Å². The van der Waals surface area contributed by atoms with Crippen molar-refractivity contribution in [1.29, 1.82) is 0 Å². The summed E-state index contributed by atoms with van der Waals surface area (Å²) in [4.78, 5) is 53.2. The number of hydrogen-bond donors (Lipinski definition) is 1. The molecule has 172 valence electrons. The van der Waals surface area contributed by atoms with Crippen LogP contribution in [0.4, 0.5) is 9.18 Å². The van der Waals surface area contributed by atoms with Crippen LogP contribution >= 0.6 is 0 Å². The van der Waals surface area contributed by atoms with E-state index >= 15 is 0 Å². The normalized spacial score (nSPS) is 24.0. The van der Waals surface area contributed by atoms with Gasteiger partial charge < -0.3 is 14.8 Å². The van der Waals surface area contributed by atoms with E-state index in [1.165, 1.54) is 12.1 Å². The molecule has 4 heterocycles. The predicted octanol–water partition coefficient (Wildman–Crippen LogP) is 1.49. The lowest BCUT2D eigenvalue weighted by molar-refractivity contribution is -0.137. The topological polar surface area (TPSA) is 91.7 Å². The summed E-state index contributed by atoms with van der Waals surface area (Å²) >= 11 is 0. The van der Waals surface area contributed by atoms with E-state index in [-0.39, 0.29) is 42.1 Å². The van der Waals surface area contributed by atoms with Gasteiger partial charge in [0.25, 0.3) is 11.5 Å². The number of piperidine rings is 1. The van der Waals surface area contributed by atoms with Crippen LogP contribution < -0.4 is 10.9 Å². The van der Waals surface area contributed by atoms with Gasteiger partial charge in [0, 0.05) is 43.9 Å². The molecule has 33 heavy (non-hydrogen) atoms. The molecule has 0 spiro atoms. The zero-order chi connectivity index (χ0) is 23.1. The maximum Gasteiger partial charge on any atom is 0.324 e. The number of aromatic nitrogens is 1. The molecular weight excluding hydrogens is 427 g/mol. The fraction of sp³-hybridized carbons (Fsp3) is 0.417. The lowest BCUT2D eigenvalue weighted by Crippen LogP contribution is -2.50. The van der Waals surface area contributed by atoms with Crippen molar-refractivity contribution in [2.75, 3.05) is 19.6 Å². The second kappa shape index (κ2) is 8.46. The van der Waals surface area contributed by atoms with E-state index in [9.17, 15) is 23.6 Å². The fourth-order valence-electron chi connectivity index (χ4n) is 5.26. The van der Waals surface area contributed by atoms with Gasteiger partial charge in [0.05, 0.1) is 6.42 Å². The van der Waals surface area contributed by atoms with Crippen LogP contribution in [0.3, 0.4) is 0 Å². The molecule has 2 bridgehead atoms. The highest BCUT2D eigenvalue weighted by molar-refractivity contribution is 6.05. The van der Waals surface area contributed by atoms with Gasteiger partial charge in [-0.1, -0.05) is 18.2 Å². The van der Waals surface area contributed by atoms with Crippen LogP contribution in [-0.2, 0) is 22.6 Å². The summed E-state index contributed by atoms with van der Waals surface area (Å²) in [5, 5.41) is 2.62. The van der Waals surface area contributed by atoms with Gasteiger partial charge in [-0.3, -0.25) is 19.3 Å². The van der Waals surface area contributed by atoms with Crippen LogP contribution in [0.15, 0.2) is 47.3 Å². The van der Waals surface area contributed by atoms with Crippen molar-refractivity contribution in [3.63, 3.8) is 0 Å². The molecule has 3 aliphatic heterocycles. The van der Waals surface area contributed by atoms with Crippen molar-refractivity contribution >= 4 is 17.8 Å². The number of imide groups is 1. The molecule has 3 aliphatic rings. The van der Waals surface area contributed by atoms with Crippen molar-refractivity contribution in [3.05, 3.63) is 69.9 Å². The number of pyridine rings is 1. The molecule has 1 N–H and O–H groups in total. The third kappa shape index (κ3) is 4.15. The number of likely N-dealkylation sites (tertiary alicyclic amines) is 1. The molecule has 0 radical (unpaired) electrons. The standard InChI is InChI=1S/C24H25FN4O4/c25-18-4-1-3-15(10-18)7-8-28-23(32)19(26-24(28)33)11-22(31)27-12-16-9-17(14-27)20-5-2-6-21(30)29(20)13-16/h1-6,10,16-17,19H,7-9,11-14H2,(H,26,33)/t16?,17?,19-/m0/s1. The average molecular weight is 452 g/mol. The minimum atomic E-state index is -0.894. The first-order chi connectivity index (χ1) is 15.9. The highest BCUT2D eigenvalue weighted by Gasteiger charge is 2.41. The second-order valence-corrected chi connectivity index (χ2v) is 9.07. The largest absolute Gasteiger partial charge is 0.342 e. The van der Waals surface area contributed by atoms with Gasteiger partial charge in [-0.2, -0.15) is 0 Å². The molecule has 4 amide bonds. The highest BCUT2D eigenvalue weighted by Crippen LogP contribution is 2.35. The molecule has 2 fully saturated rings. The molecule has 2 aromatic rings. The Morgan fingerprint density at radius 3 is 2.70 bits per heavy atom. The Hall–Kier alpha value is -3.49. The number of fused-ring (bicyclic) bond motifs is 4. The molecule has 2 unspecified atom stereocenters. The van der Waals surface area contributed by atoms with Gasteiger partial charge in [-0.15, -0.1) is 0 Å². The number of nitrogens with zero attached hydrogens (tertiary/aromatic N) is 3. The Balaban J connectivity index is 1.21. The number of amides is 4. The number of nitrogens with one attached hydrogen (secondary N) is 1. The summed E-state index contributed by atoms with van der Waals surface area (Å²) in [6.07, 6.45) is 1.17. The summed E-state index contributed by atoms with van der Waals surface area (Å²) in [5.41, 5.74) is 1.62. The van der Waals surface area contributed by atoms with E-state index in [4.69, 9.17) is 0 Å². The van der Waals surface area contributed by atoms with Gasteiger partial charge in [0.1, 0.15) is 11.9 Å². The van der Waals surface area contributed by atoms with Crippen LogP contribution in [0.2, 0.25) is 0 Å². The third-order valence-corrected chi connectivity index (χ3v) is 6.83. The van der Waals surface area contributed by atoms with E-state index in [0.29, 0.717) is 31.6 Å². The van der Waals surface area contributed by atoms with Gasteiger partial charge in [0.2, 0.25) is 5.91 Å². The van der Waals surface area contributed by atoms with E-state index < -0.39 is 18.0 Å². The van der Waals surface area contributed by atoms with Crippen molar-refractivity contribution in [2.45, 2.75) is 37.8 Å². The number of carbonyl (C=O) groups is 3. The SMILES string of the molecule is O=C(C[C@@H]1NC(=O)N(CCc2cccc(F)c2)C1=O)N1CC2CC(C1)c1cccc(=O)n1C2. The van der Waals surface area contributed by atoms with Crippen molar-refractivity contribution in [2.24, 2.45) is 5.92 Å². The Bertz CT molecular complexity index is 1180. The number of hydrogen-bond acceptors (Lipinski definition) is 4. The lowest BCUT2D eigenvalue weighted by atomic mass is 9.83. The van der Waals surface area contributed by atoms with Crippen LogP contribution in [-0.4, -0.2) is 57.9 Å². The first kappa shape index (κ1) is 21.4. The zero-order valence-electron chi connectivity index (χ0n) is 18.1. The Kier molecular flexibility index (Phi) is 5.47. The molecule has 0 saturated carbocycles. The van der Waals surface area contributed by atoms with Crippen molar-refractivity contribution < 1.29 is 18.8 Å². The minimum absolute atomic E-state index is 0.0143.